The zero-order chi connectivity index (χ0) is 8.43. The van der Waals surface area contributed by atoms with E-state index in [2.05, 4.69) is 5.32 Å². The van der Waals surface area contributed by atoms with Crippen molar-refractivity contribution in [3.05, 3.63) is 0 Å². The first kappa shape index (κ1) is 12.0. The smallest absolute Gasteiger partial charge is 0.245 e. The fraction of sp³-hybridized carbons (Fsp3) is 1.00. The maximum atomic E-state index is 12.0. The van der Waals surface area contributed by atoms with Crippen molar-refractivity contribution >= 4 is 12.4 Å². The molecule has 1 saturated heterocycles. The minimum Gasteiger partial charge on any atom is -0.390 e. The molecular weight excluding hydrogens is 192 g/mol. The van der Waals surface area contributed by atoms with Crippen LogP contribution < -0.4 is 5.32 Å². The lowest BCUT2D eigenvalue weighted by Gasteiger charge is -2.31. The monoisotopic (exact) mass is 203 g/mol. The zero-order valence-electron chi connectivity index (χ0n) is 6.28. The van der Waals surface area contributed by atoms with Gasteiger partial charge in [-0.15, -0.1) is 12.4 Å². The number of β-amino-alcohol motifs (C(OH)–C–C–N with tert-alkyl or cyclic N) is 1. The number of piperidine rings is 1. The minimum atomic E-state index is -2.58. The van der Waals surface area contributed by atoms with Crippen LogP contribution in [0, 0.1) is 5.92 Å². The summed E-state index contributed by atoms with van der Waals surface area (Å²) < 4.78 is 24.1. The van der Waals surface area contributed by atoms with Gasteiger partial charge in [-0.1, -0.05) is 0 Å². The van der Waals surface area contributed by atoms with Gasteiger partial charge in [0.15, 0.2) is 0 Å². The summed E-state index contributed by atoms with van der Waals surface area (Å²) in [6, 6.07) is 0. The number of halogens is 3. The normalized spacial score (nSPS) is 36.2. The third kappa shape index (κ3) is 2.52. The number of aliphatic hydroxyl groups is 2. The Kier molecular flexibility index (Phi) is 4.92. The van der Waals surface area contributed by atoms with Crippen molar-refractivity contribution in [2.24, 2.45) is 5.92 Å². The summed E-state index contributed by atoms with van der Waals surface area (Å²) in [6.45, 7) is 0.250. The third-order valence-electron chi connectivity index (χ3n) is 1.89. The Morgan fingerprint density at radius 3 is 2.25 bits per heavy atom. The summed E-state index contributed by atoms with van der Waals surface area (Å²) in [4.78, 5) is 0. The topological polar surface area (TPSA) is 52.5 Å². The van der Waals surface area contributed by atoms with E-state index in [0.29, 0.717) is 0 Å². The van der Waals surface area contributed by atoms with Gasteiger partial charge in [-0.05, 0) is 0 Å². The summed E-state index contributed by atoms with van der Waals surface area (Å²) in [5, 5.41) is 20.6. The average Bonchev–Trinajstić information content (AvgIpc) is 1.94. The summed E-state index contributed by atoms with van der Waals surface area (Å²) >= 11 is 0. The minimum absolute atomic E-state index is 0. The maximum Gasteiger partial charge on any atom is 0.245 e. The van der Waals surface area contributed by atoms with Crippen molar-refractivity contribution in [3.63, 3.8) is 0 Å². The molecule has 0 bridgehead atoms. The summed E-state index contributed by atoms with van der Waals surface area (Å²) in [5.74, 6) is -1.14. The fourth-order valence-corrected chi connectivity index (χ4v) is 1.16. The van der Waals surface area contributed by atoms with Crippen LogP contribution in [-0.2, 0) is 0 Å². The van der Waals surface area contributed by atoms with Crippen LogP contribution in [0.4, 0.5) is 8.78 Å². The molecule has 1 aliphatic rings. The summed E-state index contributed by atoms with van der Waals surface area (Å²) in [6.07, 6.45) is -4.94. The second-order valence-corrected chi connectivity index (χ2v) is 2.71. The SMILES string of the molecule is Cl.OC1CNCC(C(F)F)C1O. The van der Waals surface area contributed by atoms with Gasteiger partial charge < -0.3 is 15.5 Å². The number of hydrogen-bond acceptors (Lipinski definition) is 3. The molecular formula is C6H12ClF2NO2. The Labute approximate surface area is 75.2 Å². The molecule has 3 unspecified atom stereocenters. The van der Waals surface area contributed by atoms with Crippen LogP contribution in [0.15, 0.2) is 0 Å². The molecule has 6 heteroatoms. The molecule has 0 amide bonds. The number of hydrogen-bond donors (Lipinski definition) is 3. The predicted octanol–water partition coefficient (Wildman–Crippen LogP) is -0.386. The van der Waals surface area contributed by atoms with Crippen LogP contribution in [0.5, 0.6) is 0 Å². The highest BCUT2D eigenvalue weighted by Crippen LogP contribution is 2.18. The lowest BCUT2D eigenvalue weighted by Crippen LogP contribution is -2.52. The lowest BCUT2D eigenvalue weighted by atomic mass is 9.94. The molecule has 1 fully saturated rings. The highest BCUT2D eigenvalue weighted by Gasteiger charge is 2.36. The lowest BCUT2D eigenvalue weighted by molar-refractivity contribution is -0.0841. The van der Waals surface area contributed by atoms with Crippen LogP contribution in [0.1, 0.15) is 0 Å². The molecule has 0 aromatic rings. The first-order chi connectivity index (χ1) is 5.13. The second-order valence-electron chi connectivity index (χ2n) is 2.71. The van der Waals surface area contributed by atoms with Gasteiger partial charge >= 0.3 is 0 Å². The second kappa shape index (κ2) is 4.91. The van der Waals surface area contributed by atoms with Gasteiger partial charge in [0.2, 0.25) is 6.43 Å². The Bertz CT molecular complexity index is 139. The van der Waals surface area contributed by atoms with Crippen molar-refractivity contribution < 1.29 is 19.0 Å². The number of aliphatic hydroxyl groups excluding tert-OH is 2. The number of nitrogens with one attached hydrogen (secondary N) is 1. The van der Waals surface area contributed by atoms with E-state index in [1.807, 2.05) is 0 Å². The van der Waals surface area contributed by atoms with Crippen LogP contribution in [0.3, 0.4) is 0 Å². The van der Waals surface area contributed by atoms with Crippen LogP contribution in [0.2, 0.25) is 0 Å². The first-order valence-electron chi connectivity index (χ1n) is 3.48. The van der Waals surface area contributed by atoms with Crippen LogP contribution >= 0.6 is 12.4 Å². The van der Waals surface area contributed by atoms with Crippen molar-refractivity contribution in [3.8, 4) is 0 Å². The number of alkyl halides is 2. The molecule has 0 aromatic carbocycles. The Hall–Kier alpha value is 0.0300. The van der Waals surface area contributed by atoms with Gasteiger partial charge in [0.05, 0.1) is 18.1 Å². The zero-order valence-corrected chi connectivity index (χ0v) is 7.10. The standard InChI is InChI=1S/C6H11F2NO2.ClH/c7-6(8)3-1-9-2-4(10)5(3)11;/h3-6,9-11H,1-2H2;1H. The van der Waals surface area contributed by atoms with Crippen molar-refractivity contribution in [2.75, 3.05) is 13.1 Å². The molecule has 0 aliphatic carbocycles. The fourth-order valence-electron chi connectivity index (χ4n) is 1.16. The molecule has 3 nitrogen and oxygen atoms in total. The molecule has 0 saturated carbocycles. The average molecular weight is 204 g/mol. The molecule has 0 spiro atoms. The molecule has 0 radical (unpaired) electrons. The van der Waals surface area contributed by atoms with E-state index < -0.39 is 24.6 Å². The van der Waals surface area contributed by atoms with Gasteiger partial charge in [-0.3, -0.25) is 0 Å². The predicted molar refractivity (Wildman–Crippen MR) is 41.6 cm³/mol. The molecule has 0 aromatic heterocycles. The number of rotatable bonds is 1. The molecule has 1 heterocycles. The Balaban J connectivity index is 0.00000121. The van der Waals surface area contributed by atoms with Crippen molar-refractivity contribution in [2.45, 2.75) is 18.6 Å². The van der Waals surface area contributed by atoms with E-state index in [1.165, 1.54) is 0 Å². The third-order valence-corrected chi connectivity index (χ3v) is 1.89. The first-order valence-corrected chi connectivity index (χ1v) is 3.48. The molecule has 3 N–H and O–H groups in total. The van der Waals surface area contributed by atoms with E-state index in [0.717, 1.165) is 0 Å². The van der Waals surface area contributed by atoms with Crippen molar-refractivity contribution in [1.82, 2.24) is 5.32 Å². The molecule has 1 aliphatic heterocycles. The van der Waals surface area contributed by atoms with Crippen molar-refractivity contribution in [1.29, 1.82) is 0 Å². The quantitative estimate of drug-likeness (QED) is 0.544. The van der Waals surface area contributed by atoms with Gasteiger partial charge in [-0.25, -0.2) is 8.78 Å². The van der Waals surface area contributed by atoms with E-state index in [4.69, 9.17) is 10.2 Å². The Morgan fingerprint density at radius 1 is 1.25 bits per heavy atom. The van der Waals surface area contributed by atoms with E-state index in [1.54, 1.807) is 0 Å². The van der Waals surface area contributed by atoms with Gasteiger partial charge in [0.1, 0.15) is 0 Å². The van der Waals surface area contributed by atoms with E-state index in [9.17, 15) is 8.78 Å². The Morgan fingerprint density at radius 2 is 1.83 bits per heavy atom. The summed E-state index contributed by atoms with van der Waals surface area (Å²) in [5.41, 5.74) is 0. The molecule has 3 atom stereocenters. The van der Waals surface area contributed by atoms with E-state index >= 15 is 0 Å². The van der Waals surface area contributed by atoms with Gasteiger partial charge in [-0.2, -0.15) is 0 Å². The van der Waals surface area contributed by atoms with Crippen LogP contribution in [-0.4, -0.2) is 41.9 Å². The largest absolute Gasteiger partial charge is 0.390 e. The highest BCUT2D eigenvalue weighted by atomic mass is 35.5. The molecule has 74 valence electrons. The van der Waals surface area contributed by atoms with Gasteiger partial charge in [0.25, 0.3) is 0 Å². The highest BCUT2D eigenvalue weighted by molar-refractivity contribution is 5.85. The van der Waals surface area contributed by atoms with Crippen LogP contribution in [0.25, 0.3) is 0 Å². The van der Waals surface area contributed by atoms with Gasteiger partial charge in [0, 0.05) is 13.1 Å². The molecule has 12 heavy (non-hydrogen) atoms. The maximum absolute atomic E-state index is 12.0. The molecule has 1 rings (SSSR count). The summed E-state index contributed by atoms with van der Waals surface area (Å²) in [7, 11) is 0. The van der Waals surface area contributed by atoms with E-state index in [-0.39, 0.29) is 25.5 Å².